The Labute approximate surface area is 182 Å². The van der Waals surface area contributed by atoms with Crippen molar-refractivity contribution < 1.29 is 17.6 Å². The zero-order valence-corrected chi connectivity index (χ0v) is 17.4. The Morgan fingerprint density at radius 3 is 2.58 bits per heavy atom. The van der Waals surface area contributed by atoms with Crippen LogP contribution in [0.25, 0.3) is 11.1 Å². The minimum absolute atomic E-state index is 0.117. The Morgan fingerprint density at radius 2 is 1.84 bits per heavy atom. The number of nitrogens with two attached hydrogens (primary N) is 1. The molecule has 10 heteroatoms. The number of nitrogens with one attached hydrogen (secondary N) is 1. The smallest absolute Gasteiger partial charge is 0.304 e. The first-order valence-electron chi connectivity index (χ1n) is 9.19. The number of oxazole rings is 1. The lowest BCUT2D eigenvalue weighted by Crippen LogP contribution is -2.39. The Balaban J connectivity index is 1.74. The minimum atomic E-state index is -3.95. The van der Waals surface area contributed by atoms with Gasteiger partial charge in [-0.25, -0.2) is 13.6 Å². The molecule has 3 N–H and O–H groups in total. The summed E-state index contributed by atoms with van der Waals surface area (Å²) in [5, 5.41) is 8.53. The SMILES string of the molecule is NS(=O)(=O)c1ccc2c(c1)NC(=O)C(c1ccccc1)N2c1nc2cc(Cl)ccc2o1. The molecule has 0 spiro atoms. The minimum Gasteiger partial charge on any atom is -0.423 e. The van der Waals surface area contributed by atoms with E-state index >= 15 is 0 Å². The number of hydrogen-bond acceptors (Lipinski definition) is 6. The third-order valence-electron chi connectivity index (χ3n) is 4.98. The van der Waals surface area contributed by atoms with Gasteiger partial charge in [0.05, 0.1) is 16.3 Å². The van der Waals surface area contributed by atoms with E-state index in [2.05, 4.69) is 10.3 Å². The van der Waals surface area contributed by atoms with Crippen LogP contribution < -0.4 is 15.4 Å². The highest BCUT2D eigenvalue weighted by Crippen LogP contribution is 2.44. The van der Waals surface area contributed by atoms with Crippen LogP contribution in [-0.4, -0.2) is 19.3 Å². The van der Waals surface area contributed by atoms with Gasteiger partial charge in [0.15, 0.2) is 5.58 Å². The number of fused-ring (bicyclic) bond motifs is 2. The molecule has 0 radical (unpaired) electrons. The van der Waals surface area contributed by atoms with Gasteiger partial charge >= 0.3 is 6.01 Å². The number of sulfonamides is 1. The molecule has 31 heavy (non-hydrogen) atoms. The first kappa shape index (κ1) is 19.6. The van der Waals surface area contributed by atoms with Crippen LogP contribution in [0, 0.1) is 0 Å². The summed E-state index contributed by atoms with van der Waals surface area (Å²) in [5.74, 6) is -0.370. The third kappa shape index (κ3) is 3.42. The van der Waals surface area contributed by atoms with Crippen molar-refractivity contribution in [3.05, 3.63) is 77.3 Å². The van der Waals surface area contributed by atoms with Gasteiger partial charge in [-0.2, -0.15) is 4.98 Å². The van der Waals surface area contributed by atoms with E-state index < -0.39 is 16.1 Å². The van der Waals surface area contributed by atoms with Crippen molar-refractivity contribution in [2.24, 2.45) is 5.14 Å². The molecule has 0 saturated carbocycles. The normalized spacial score (nSPS) is 16.3. The van der Waals surface area contributed by atoms with E-state index in [1.54, 1.807) is 29.2 Å². The summed E-state index contributed by atoms with van der Waals surface area (Å²) >= 11 is 6.07. The summed E-state index contributed by atoms with van der Waals surface area (Å²) in [6.45, 7) is 0. The number of carbonyl (C=O) groups is 1. The number of rotatable bonds is 3. The lowest BCUT2D eigenvalue weighted by Gasteiger charge is -2.35. The van der Waals surface area contributed by atoms with Crippen LogP contribution in [0.2, 0.25) is 5.02 Å². The number of aromatic nitrogens is 1. The lowest BCUT2D eigenvalue weighted by atomic mass is 10.0. The van der Waals surface area contributed by atoms with Crippen molar-refractivity contribution in [3.63, 3.8) is 0 Å². The molecule has 0 bridgehead atoms. The van der Waals surface area contributed by atoms with Gasteiger partial charge in [-0.05, 0) is 42.0 Å². The standard InChI is InChI=1S/C21H15ClN4O4S/c22-13-6-9-18-16(10-13)25-21(30-18)26-17-8-7-14(31(23,28)29)11-15(17)24-20(27)19(26)12-4-2-1-3-5-12/h1-11,19H,(H,24,27)(H2,23,28,29). The van der Waals surface area contributed by atoms with E-state index in [1.165, 1.54) is 12.1 Å². The van der Waals surface area contributed by atoms with E-state index in [0.29, 0.717) is 27.4 Å². The molecule has 1 amide bonds. The molecule has 1 aromatic heterocycles. The van der Waals surface area contributed by atoms with E-state index in [9.17, 15) is 13.2 Å². The molecule has 4 aromatic rings. The van der Waals surface area contributed by atoms with Gasteiger partial charge in [0, 0.05) is 5.02 Å². The Kier molecular flexibility index (Phi) is 4.47. The molecule has 1 aliphatic rings. The van der Waals surface area contributed by atoms with Crippen molar-refractivity contribution >= 4 is 56.0 Å². The predicted molar refractivity (Wildman–Crippen MR) is 117 cm³/mol. The number of hydrogen-bond donors (Lipinski definition) is 2. The van der Waals surface area contributed by atoms with Gasteiger partial charge in [0.25, 0.3) is 5.91 Å². The summed E-state index contributed by atoms with van der Waals surface area (Å²) in [7, 11) is -3.95. The fourth-order valence-electron chi connectivity index (χ4n) is 3.60. The van der Waals surface area contributed by atoms with Gasteiger partial charge < -0.3 is 9.73 Å². The summed E-state index contributed by atoms with van der Waals surface area (Å²) in [6.07, 6.45) is 0. The fraction of sp³-hybridized carbons (Fsp3) is 0.0476. The van der Waals surface area contributed by atoms with Crippen molar-refractivity contribution in [1.82, 2.24) is 4.98 Å². The van der Waals surface area contributed by atoms with Crippen LogP contribution >= 0.6 is 11.6 Å². The number of benzene rings is 3. The lowest BCUT2D eigenvalue weighted by molar-refractivity contribution is -0.117. The molecule has 2 heterocycles. The zero-order valence-electron chi connectivity index (χ0n) is 15.8. The Hall–Kier alpha value is -3.40. The van der Waals surface area contributed by atoms with Crippen LogP contribution in [0.4, 0.5) is 17.4 Å². The van der Waals surface area contributed by atoms with E-state index in [-0.39, 0.29) is 22.5 Å². The molecule has 3 aromatic carbocycles. The van der Waals surface area contributed by atoms with Crippen LogP contribution in [0.3, 0.4) is 0 Å². The van der Waals surface area contributed by atoms with Gasteiger partial charge in [-0.15, -0.1) is 0 Å². The molecule has 0 saturated heterocycles. The Bertz CT molecular complexity index is 1440. The monoisotopic (exact) mass is 454 g/mol. The summed E-state index contributed by atoms with van der Waals surface area (Å²) in [4.78, 5) is 19.2. The number of nitrogens with zero attached hydrogens (tertiary/aromatic N) is 2. The maximum absolute atomic E-state index is 13.1. The van der Waals surface area contributed by atoms with E-state index in [1.807, 2.05) is 30.3 Å². The van der Waals surface area contributed by atoms with Gasteiger partial charge in [-0.1, -0.05) is 41.9 Å². The maximum atomic E-state index is 13.1. The first-order valence-corrected chi connectivity index (χ1v) is 11.1. The average molecular weight is 455 g/mol. The number of carbonyl (C=O) groups excluding carboxylic acids is 1. The highest BCUT2D eigenvalue weighted by atomic mass is 35.5. The van der Waals surface area contributed by atoms with Gasteiger partial charge in [0.2, 0.25) is 10.0 Å². The highest BCUT2D eigenvalue weighted by molar-refractivity contribution is 7.89. The van der Waals surface area contributed by atoms with Gasteiger partial charge in [-0.3, -0.25) is 9.69 Å². The molecule has 5 rings (SSSR count). The second-order valence-corrected chi connectivity index (χ2v) is 9.00. The van der Waals surface area contributed by atoms with Crippen molar-refractivity contribution in [2.45, 2.75) is 10.9 Å². The average Bonchev–Trinajstić information content (AvgIpc) is 3.15. The first-order chi connectivity index (χ1) is 14.8. The summed E-state index contributed by atoms with van der Waals surface area (Å²) in [6, 6.07) is 17.8. The number of halogens is 1. The number of primary sulfonamides is 1. The largest absolute Gasteiger partial charge is 0.423 e. The molecule has 0 aliphatic carbocycles. The van der Waals surface area contributed by atoms with Crippen molar-refractivity contribution in [2.75, 3.05) is 10.2 Å². The number of amides is 1. The second kappa shape index (κ2) is 7.09. The molecule has 8 nitrogen and oxygen atoms in total. The summed E-state index contributed by atoms with van der Waals surface area (Å²) < 4.78 is 29.5. The van der Waals surface area contributed by atoms with Crippen LogP contribution in [0.15, 0.2) is 76.0 Å². The second-order valence-electron chi connectivity index (χ2n) is 7.00. The molecule has 1 unspecified atom stereocenters. The fourth-order valence-corrected chi connectivity index (χ4v) is 4.31. The maximum Gasteiger partial charge on any atom is 0.304 e. The third-order valence-corrected chi connectivity index (χ3v) is 6.13. The topological polar surface area (TPSA) is 119 Å². The molecule has 1 atom stereocenters. The zero-order chi connectivity index (χ0) is 21.8. The van der Waals surface area contributed by atoms with Crippen molar-refractivity contribution in [1.29, 1.82) is 0 Å². The molecular weight excluding hydrogens is 440 g/mol. The van der Waals surface area contributed by atoms with Crippen LogP contribution in [-0.2, 0) is 14.8 Å². The van der Waals surface area contributed by atoms with Crippen molar-refractivity contribution in [3.8, 4) is 0 Å². The highest BCUT2D eigenvalue weighted by Gasteiger charge is 2.38. The van der Waals surface area contributed by atoms with E-state index in [0.717, 1.165) is 0 Å². The Morgan fingerprint density at radius 1 is 1.06 bits per heavy atom. The van der Waals surface area contributed by atoms with Crippen LogP contribution in [0.1, 0.15) is 11.6 Å². The quantitative estimate of drug-likeness (QED) is 0.483. The molecule has 1 aliphatic heterocycles. The molecule has 0 fully saturated rings. The van der Waals surface area contributed by atoms with E-state index in [4.69, 9.17) is 21.2 Å². The molecular formula is C21H15ClN4O4S. The van der Waals surface area contributed by atoms with Gasteiger partial charge in [0.1, 0.15) is 11.6 Å². The van der Waals surface area contributed by atoms with Crippen LogP contribution in [0.5, 0.6) is 0 Å². The predicted octanol–water partition coefficient (Wildman–Crippen LogP) is 3.96. The number of anilines is 3. The molecule has 156 valence electrons. The summed E-state index contributed by atoms with van der Waals surface area (Å²) in [5.41, 5.74) is 2.53.